The largest absolute Gasteiger partial charge is 0.361 e. The fraction of sp³-hybridized carbons (Fsp3) is 0.238. The van der Waals surface area contributed by atoms with Gasteiger partial charge in [-0.05, 0) is 31.2 Å². The van der Waals surface area contributed by atoms with Crippen LogP contribution in [-0.2, 0) is 11.2 Å². The van der Waals surface area contributed by atoms with E-state index < -0.39 is 5.82 Å². The number of carbonyl (C=O) groups is 2. The fourth-order valence-corrected chi connectivity index (χ4v) is 2.79. The van der Waals surface area contributed by atoms with E-state index >= 15 is 0 Å². The van der Waals surface area contributed by atoms with Crippen molar-refractivity contribution in [1.82, 2.24) is 10.1 Å². The second-order valence-electron chi connectivity index (χ2n) is 6.44. The lowest BCUT2D eigenvalue weighted by molar-refractivity contribution is -0.118. The van der Waals surface area contributed by atoms with Crippen molar-refractivity contribution >= 4 is 17.4 Å². The van der Waals surface area contributed by atoms with Crippen LogP contribution in [-0.4, -0.2) is 28.9 Å². The summed E-state index contributed by atoms with van der Waals surface area (Å²) in [5.41, 5.74) is 2.34. The van der Waals surface area contributed by atoms with Gasteiger partial charge < -0.3 is 9.42 Å². The average Bonchev–Trinajstić information content (AvgIpc) is 3.11. The van der Waals surface area contributed by atoms with Gasteiger partial charge in [-0.15, -0.1) is 0 Å². The van der Waals surface area contributed by atoms with Crippen LogP contribution >= 0.6 is 0 Å². The third kappa shape index (κ3) is 4.14. The number of amides is 1. The molecule has 0 aliphatic rings. The normalized spacial score (nSPS) is 10.7. The standard InChI is InChI=1S/C21H20FN3O3/c1-4-21(27)25(3)15-6-7-17(18(22)10-15)14-5-8-19(23-12-14)20(26)11-16-9-13(2)24-28-16/h5-10,12H,4,11H2,1-3H3. The summed E-state index contributed by atoms with van der Waals surface area (Å²) in [6.45, 7) is 3.53. The Hall–Kier alpha value is -3.35. The van der Waals surface area contributed by atoms with Gasteiger partial charge >= 0.3 is 0 Å². The Morgan fingerprint density at radius 1 is 1.18 bits per heavy atom. The molecule has 1 aromatic carbocycles. The molecule has 7 heteroatoms. The molecule has 3 aromatic rings. The van der Waals surface area contributed by atoms with Crippen molar-refractivity contribution in [1.29, 1.82) is 0 Å². The van der Waals surface area contributed by atoms with Crippen LogP contribution in [0.25, 0.3) is 11.1 Å². The van der Waals surface area contributed by atoms with Gasteiger partial charge in [0, 0.05) is 42.5 Å². The minimum absolute atomic E-state index is 0.0635. The van der Waals surface area contributed by atoms with Crippen molar-refractivity contribution in [2.45, 2.75) is 26.7 Å². The van der Waals surface area contributed by atoms with Crippen LogP contribution in [0.4, 0.5) is 10.1 Å². The Kier molecular flexibility index (Phi) is 5.63. The van der Waals surface area contributed by atoms with Crippen molar-refractivity contribution in [3.8, 4) is 11.1 Å². The van der Waals surface area contributed by atoms with E-state index in [9.17, 15) is 14.0 Å². The van der Waals surface area contributed by atoms with Crippen LogP contribution in [0.5, 0.6) is 0 Å². The molecule has 0 fully saturated rings. The van der Waals surface area contributed by atoms with Gasteiger partial charge in [0.1, 0.15) is 17.3 Å². The summed E-state index contributed by atoms with van der Waals surface area (Å²) in [5.74, 6) is -0.302. The van der Waals surface area contributed by atoms with E-state index in [1.807, 2.05) is 0 Å². The Balaban J connectivity index is 1.77. The number of Topliss-reactive ketones (excluding diaryl/α,β-unsaturated/α-hetero) is 1. The van der Waals surface area contributed by atoms with Gasteiger partial charge in [-0.2, -0.15) is 0 Å². The Labute approximate surface area is 162 Å². The quantitative estimate of drug-likeness (QED) is 0.604. The molecule has 0 radical (unpaired) electrons. The topological polar surface area (TPSA) is 76.3 Å². The molecular weight excluding hydrogens is 361 g/mol. The molecule has 28 heavy (non-hydrogen) atoms. The number of anilines is 1. The van der Waals surface area contributed by atoms with E-state index in [0.29, 0.717) is 34.7 Å². The third-order valence-corrected chi connectivity index (χ3v) is 4.39. The molecule has 1 amide bonds. The number of halogens is 1. The van der Waals surface area contributed by atoms with E-state index in [1.54, 1.807) is 51.2 Å². The van der Waals surface area contributed by atoms with Gasteiger partial charge in [0.25, 0.3) is 0 Å². The van der Waals surface area contributed by atoms with Gasteiger partial charge in [-0.1, -0.05) is 18.1 Å². The number of hydrogen-bond donors (Lipinski definition) is 0. The molecule has 0 spiro atoms. The molecular formula is C21H20FN3O3. The maximum atomic E-state index is 14.6. The van der Waals surface area contributed by atoms with Crippen molar-refractivity contribution in [2.75, 3.05) is 11.9 Å². The molecule has 0 N–H and O–H groups in total. The zero-order chi connectivity index (χ0) is 20.3. The molecule has 0 saturated carbocycles. The second kappa shape index (κ2) is 8.12. The number of carbonyl (C=O) groups excluding carboxylic acids is 2. The number of aryl methyl sites for hydroxylation is 1. The lowest BCUT2D eigenvalue weighted by atomic mass is 10.0. The highest BCUT2D eigenvalue weighted by Crippen LogP contribution is 2.26. The van der Waals surface area contributed by atoms with Crippen LogP contribution in [0.15, 0.2) is 47.1 Å². The summed E-state index contributed by atoms with van der Waals surface area (Å²) in [6, 6.07) is 9.49. The highest BCUT2D eigenvalue weighted by atomic mass is 19.1. The zero-order valence-electron chi connectivity index (χ0n) is 15.9. The smallest absolute Gasteiger partial charge is 0.226 e. The molecule has 2 aromatic heterocycles. The second-order valence-corrected chi connectivity index (χ2v) is 6.44. The molecule has 6 nitrogen and oxygen atoms in total. The highest BCUT2D eigenvalue weighted by Gasteiger charge is 2.15. The van der Waals surface area contributed by atoms with Gasteiger partial charge in [0.15, 0.2) is 5.78 Å². The number of benzene rings is 1. The molecule has 0 aliphatic heterocycles. The van der Waals surface area contributed by atoms with Gasteiger partial charge in [-0.25, -0.2) is 4.39 Å². The first-order chi connectivity index (χ1) is 13.4. The molecule has 0 saturated heterocycles. The third-order valence-electron chi connectivity index (χ3n) is 4.39. The Morgan fingerprint density at radius 2 is 1.96 bits per heavy atom. The van der Waals surface area contributed by atoms with Crippen LogP contribution in [0, 0.1) is 12.7 Å². The summed E-state index contributed by atoms with van der Waals surface area (Å²) in [5, 5.41) is 3.75. The predicted octanol–water partition coefficient (Wildman–Crippen LogP) is 3.98. The fourth-order valence-electron chi connectivity index (χ4n) is 2.79. The van der Waals surface area contributed by atoms with Gasteiger partial charge in [0.2, 0.25) is 5.91 Å². The van der Waals surface area contributed by atoms with Crippen LogP contribution in [0.1, 0.15) is 35.3 Å². The molecule has 0 atom stereocenters. The predicted molar refractivity (Wildman–Crippen MR) is 103 cm³/mol. The van der Waals surface area contributed by atoms with Crippen molar-refractivity contribution in [2.24, 2.45) is 0 Å². The minimum Gasteiger partial charge on any atom is -0.361 e. The SMILES string of the molecule is CCC(=O)N(C)c1ccc(-c2ccc(C(=O)Cc3cc(C)no3)nc2)c(F)c1. The van der Waals surface area contributed by atoms with Crippen molar-refractivity contribution in [3.05, 3.63) is 65.6 Å². The first kappa shape index (κ1) is 19.4. The highest BCUT2D eigenvalue weighted by molar-refractivity contribution is 5.96. The summed E-state index contributed by atoms with van der Waals surface area (Å²) in [4.78, 5) is 29.6. The van der Waals surface area contributed by atoms with Crippen LogP contribution in [0.3, 0.4) is 0 Å². The lowest BCUT2D eigenvalue weighted by Crippen LogP contribution is -2.25. The monoisotopic (exact) mass is 381 g/mol. The number of aromatic nitrogens is 2. The zero-order valence-corrected chi connectivity index (χ0v) is 15.9. The van der Waals surface area contributed by atoms with Gasteiger partial charge in [-0.3, -0.25) is 14.6 Å². The first-order valence-corrected chi connectivity index (χ1v) is 8.87. The van der Waals surface area contributed by atoms with Crippen LogP contribution in [0.2, 0.25) is 0 Å². The Bertz CT molecular complexity index is 1010. The molecule has 2 heterocycles. The maximum Gasteiger partial charge on any atom is 0.226 e. The Morgan fingerprint density at radius 3 is 2.54 bits per heavy atom. The molecule has 0 unspecified atom stereocenters. The van der Waals surface area contributed by atoms with E-state index in [0.717, 1.165) is 0 Å². The number of pyridine rings is 1. The van der Waals surface area contributed by atoms with Crippen molar-refractivity contribution < 1.29 is 18.5 Å². The first-order valence-electron chi connectivity index (χ1n) is 8.87. The molecule has 0 aliphatic carbocycles. The molecule has 0 bridgehead atoms. The van der Waals surface area contributed by atoms with E-state index in [1.165, 1.54) is 17.2 Å². The minimum atomic E-state index is -0.466. The van der Waals surface area contributed by atoms with E-state index in [2.05, 4.69) is 10.1 Å². The molecule has 144 valence electrons. The number of ketones is 1. The number of rotatable bonds is 6. The van der Waals surface area contributed by atoms with Crippen LogP contribution < -0.4 is 4.90 Å². The maximum absolute atomic E-state index is 14.6. The number of nitrogens with zero attached hydrogens (tertiary/aromatic N) is 3. The summed E-state index contributed by atoms with van der Waals surface area (Å²) in [7, 11) is 1.61. The summed E-state index contributed by atoms with van der Waals surface area (Å²) < 4.78 is 19.6. The number of hydrogen-bond acceptors (Lipinski definition) is 5. The molecule has 3 rings (SSSR count). The van der Waals surface area contributed by atoms with E-state index in [-0.39, 0.29) is 23.8 Å². The summed E-state index contributed by atoms with van der Waals surface area (Å²) >= 11 is 0. The lowest BCUT2D eigenvalue weighted by Gasteiger charge is -2.17. The van der Waals surface area contributed by atoms with E-state index in [4.69, 9.17) is 4.52 Å². The van der Waals surface area contributed by atoms with Gasteiger partial charge in [0.05, 0.1) is 12.1 Å². The average molecular weight is 381 g/mol. The summed E-state index contributed by atoms with van der Waals surface area (Å²) in [6.07, 6.45) is 1.86. The van der Waals surface area contributed by atoms with Crippen molar-refractivity contribution in [3.63, 3.8) is 0 Å².